The van der Waals surface area contributed by atoms with Gasteiger partial charge in [0.05, 0.1) is 6.04 Å². The molecule has 0 amide bonds. The minimum Gasteiger partial charge on any atom is -0.321 e. The lowest BCUT2D eigenvalue weighted by atomic mass is 10.0. The number of rotatable bonds is 5. The van der Waals surface area contributed by atoms with Crippen LogP contribution in [-0.2, 0) is 4.79 Å². The fourth-order valence-corrected chi connectivity index (χ4v) is 1.24. The summed E-state index contributed by atoms with van der Waals surface area (Å²) < 4.78 is 0. The van der Waals surface area contributed by atoms with Gasteiger partial charge in [-0.2, -0.15) is 0 Å². The Morgan fingerprint density at radius 3 is 2.73 bits per heavy atom. The lowest BCUT2D eigenvalue weighted by molar-refractivity contribution is -0.120. The molecule has 1 unspecified atom stereocenters. The molecule has 0 bridgehead atoms. The SMILES string of the molecule is CCCCC(=O)C(N)C1CC1. The van der Waals surface area contributed by atoms with Gasteiger partial charge in [0.2, 0.25) is 0 Å². The van der Waals surface area contributed by atoms with Crippen LogP contribution in [0.25, 0.3) is 0 Å². The quantitative estimate of drug-likeness (QED) is 0.653. The minimum absolute atomic E-state index is 0.137. The van der Waals surface area contributed by atoms with Crippen molar-refractivity contribution in [2.24, 2.45) is 11.7 Å². The van der Waals surface area contributed by atoms with Crippen LogP contribution in [-0.4, -0.2) is 11.8 Å². The van der Waals surface area contributed by atoms with Crippen LogP contribution in [0.4, 0.5) is 0 Å². The Bertz CT molecular complexity index is 140. The van der Waals surface area contributed by atoms with Crippen LogP contribution in [0, 0.1) is 5.92 Å². The standard InChI is InChI=1S/C9H17NO/c1-2-3-4-8(11)9(10)7-5-6-7/h7,9H,2-6,10H2,1H3. The Balaban J connectivity index is 2.16. The molecule has 2 nitrogen and oxygen atoms in total. The van der Waals surface area contributed by atoms with Crippen molar-refractivity contribution < 1.29 is 4.79 Å². The zero-order valence-electron chi connectivity index (χ0n) is 7.18. The summed E-state index contributed by atoms with van der Waals surface area (Å²) in [7, 11) is 0. The molecule has 2 N–H and O–H groups in total. The number of hydrogen-bond acceptors (Lipinski definition) is 2. The van der Waals surface area contributed by atoms with Crippen molar-refractivity contribution in [2.75, 3.05) is 0 Å². The van der Waals surface area contributed by atoms with Crippen molar-refractivity contribution in [1.29, 1.82) is 0 Å². The second kappa shape index (κ2) is 3.86. The van der Waals surface area contributed by atoms with Gasteiger partial charge in [0.15, 0.2) is 0 Å². The molecule has 0 saturated heterocycles. The first kappa shape index (κ1) is 8.72. The largest absolute Gasteiger partial charge is 0.321 e. The molecule has 0 aromatic carbocycles. The van der Waals surface area contributed by atoms with Crippen LogP contribution in [0.3, 0.4) is 0 Å². The maximum Gasteiger partial charge on any atom is 0.149 e. The highest BCUT2D eigenvalue weighted by molar-refractivity contribution is 5.84. The molecule has 1 atom stereocenters. The Morgan fingerprint density at radius 1 is 1.64 bits per heavy atom. The lowest BCUT2D eigenvalue weighted by Gasteiger charge is -2.07. The van der Waals surface area contributed by atoms with Crippen LogP contribution < -0.4 is 5.73 Å². The van der Waals surface area contributed by atoms with Crippen molar-refractivity contribution >= 4 is 5.78 Å². The van der Waals surface area contributed by atoms with Crippen molar-refractivity contribution in [3.8, 4) is 0 Å². The number of unbranched alkanes of at least 4 members (excludes halogenated alkanes) is 1. The Morgan fingerprint density at radius 2 is 2.27 bits per heavy atom. The maximum atomic E-state index is 11.3. The number of hydrogen-bond donors (Lipinski definition) is 1. The first-order chi connectivity index (χ1) is 5.25. The molecule has 1 rings (SSSR count). The monoisotopic (exact) mass is 155 g/mol. The van der Waals surface area contributed by atoms with Gasteiger partial charge >= 0.3 is 0 Å². The van der Waals surface area contributed by atoms with Gasteiger partial charge in [0.1, 0.15) is 5.78 Å². The van der Waals surface area contributed by atoms with E-state index in [0.29, 0.717) is 12.3 Å². The predicted octanol–water partition coefficient (Wildman–Crippen LogP) is 1.48. The molecular weight excluding hydrogens is 138 g/mol. The molecule has 0 heterocycles. The summed E-state index contributed by atoms with van der Waals surface area (Å²) in [4.78, 5) is 11.3. The van der Waals surface area contributed by atoms with Gasteiger partial charge in [-0.1, -0.05) is 13.3 Å². The van der Waals surface area contributed by atoms with E-state index < -0.39 is 0 Å². The van der Waals surface area contributed by atoms with E-state index in [4.69, 9.17) is 5.73 Å². The summed E-state index contributed by atoms with van der Waals surface area (Å²) in [6.07, 6.45) is 5.11. The Hall–Kier alpha value is -0.370. The van der Waals surface area contributed by atoms with Crippen molar-refractivity contribution in [1.82, 2.24) is 0 Å². The van der Waals surface area contributed by atoms with Crippen molar-refractivity contribution in [2.45, 2.75) is 45.1 Å². The predicted molar refractivity (Wildman–Crippen MR) is 45.2 cm³/mol. The van der Waals surface area contributed by atoms with E-state index >= 15 is 0 Å². The van der Waals surface area contributed by atoms with E-state index in [9.17, 15) is 4.79 Å². The molecule has 0 spiro atoms. The first-order valence-electron chi connectivity index (χ1n) is 4.54. The van der Waals surface area contributed by atoms with Crippen LogP contribution in [0.1, 0.15) is 39.0 Å². The average molecular weight is 155 g/mol. The van der Waals surface area contributed by atoms with Crippen molar-refractivity contribution in [3.05, 3.63) is 0 Å². The molecule has 0 radical (unpaired) electrons. The Labute approximate surface area is 68.2 Å². The fourth-order valence-electron chi connectivity index (χ4n) is 1.24. The van der Waals surface area contributed by atoms with Gasteiger partial charge < -0.3 is 5.73 Å². The van der Waals surface area contributed by atoms with Gasteiger partial charge in [-0.05, 0) is 25.2 Å². The summed E-state index contributed by atoms with van der Waals surface area (Å²) >= 11 is 0. The summed E-state index contributed by atoms with van der Waals surface area (Å²) in [5.74, 6) is 0.800. The van der Waals surface area contributed by atoms with E-state index in [1.165, 1.54) is 12.8 Å². The topological polar surface area (TPSA) is 43.1 Å². The Kier molecular flexibility index (Phi) is 3.06. The van der Waals surface area contributed by atoms with E-state index in [1.54, 1.807) is 0 Å². The van der Waals surface area contributed by atoms with E-state index in [-0.39, 0.29) is 11.8 Å². The third-order valence-electron chi connectivity index (χ3n) is 2.28. The summed E-state index contributed by atoms with van der Waals surface area (Å²) in [5, 5.41) is 0. The first-order valence-corrected chi connectivity index (χ1v) is 4.54. The van der Waals surface area contributed by atoms with Gasteiger partial charge in [-0.3, -0.25) is 4.79 Å². The average Bonchev–Trinajstić information content (AvgIpc) is 2.81. The molecular formula is C9H17NO. The third kappa shape index (κ3) is 2.62. The second-order valence-electron chi connectivity index (χ2n) is 3.43. The highest BCUT2D eigenvalue weighted by Crippen LogP contribution is 2.32. The fraction of sp³-hybridized carbons (Fsp3) is 0.889. The molecule has 1 saturated carbocycles. The highest BCUT2D eigenvalue weighted by atomic mass is 16.1. The van der Waals surface area contributed by atoms with E-state index in [0.717, 1.165) is 12.8 Å². The van der Waals surface area contributed by atoms with Gasteiger partial charge in [0, 0.05) is 6.42 Å². The third-order valence-corrected chi connectivity index (χ3v) is 2.28. The zero-order valence-corrected chi connectivity index (χ0v) is 7.18. The van der Waals surface area contributed by atoms with Crippen molar-refractivity contribution in [3.63, 3.8) is 0 Å². The normalized spacial score (nSPS) is 19.8. The van der Waals surface area contributed by atoms with Gasteiger partial charge in [0.25, 0.3) is 0 Å². The van der Waals surface area contributed by atoms with E-state index in [1.807, 2.05) is 0 Å². The summed E-state index contributed by atoms with van der Waals surface area (Å²) in [5.41, 5.74) is 5.71. The van der Waals surface area contributed by atoms with Crippen LogP contribution >= 0.6 is 0 Å². The van der Waals surface area contributed by atoms with Gasteiger partial charge in [-0.25, -0.2) is 0 Å². The maximum absolute atomic E-state index is 11.3. The van der Waals surface area contributed by atoms with E-state index in [2.05, 4.69) is 6.92 Å². The molecule has 0 aromatic heterocycles. The number of carbonyl (C=O) groups excluding carboxylic acids is 1. The number of carbonyl (C=O) groups is 1. The molecule has 0 aromatic rings. The van der Waals surface area contributed by atoms with Crippen LogP contribution in [0.15, 0.2) is 0 Å². The number of ketones is 1. The second-order valence-corrected chi connectivity index (χ2v) is 3.43. The molecule has 11 heavy (non-hydrogen) atoms. The molecule has 0 aliphatic heterocycles. The lowest BCUT2D eigenvalue weighted by Crippen LogP contribution is -2.32. The number of nitrogens with two attached hydrogens (primary N) is 1. The minimum atomic E-state index is -0.137. The summed E-state index contributed by atoms with van der Waals surface area (Å²) in [6, 6.07) is -0.137. The molecule has 1 aliphatic carbocycles. The molecule has 1 fully saturated rings. The molecule has 1 aliphatic rings. The van der Waals surface area contributed by atoms with Gasteiger partial charge in [-0.15, -0.1) is 0 Å². The highest BCUT2D eigenvalue weighted by Gasteiger charge is 2.32. The molecule has 2 heteroatoms. The zero-order chi connectivity index (χ0) is 8.27. The molecule has 64 valence electrons. The number of Topliss-reactive ketones (excluding diaryl/α,β-unsaturated/α-hetero) is 1. The summed E-state index contributed by atoms with van der Waals surface area (Å²) in [6.45, 7) is 2.09. The van der Waals surface area contributed by atoms with Crippen LogP contribution in [0.2, 0.25) is 0 Å². The van der Waals surface area contributed by atoms with Crippen LogP contribution in [0.5, 0.6) is 0 Å². The smallest absolute Gasteiger partial charge is 0.149 e.